The van der Waals surface area contributed by atoms with Gasteiger partial charge in [0.1, 0.15) is 18.3 Å². The number of aryl methyl sites for hydroxylation is 1. The Hall–Kier alpha value is -2.96. The van der Waals surface area contributed by atoms with Gasteiger partial charge >= 0.3 is 0 Å². The molecule has 0 N–H and O–H groups in total. The third-order valence-electron chi connectivity index (χ3n) is 4.60. The third kappa shape index (κ3) is 3.49. The molecular weight excluding hydrogens is 342 g/mol. The Kier molecular flexibility index (Phi) is 5.12. The maximum Gasteiger partial charge on any atom is 0.264 e. The molecule has 0 fully saturated rings. The van der Waals surface area contributed by atoms with Crippen LogP contribution in [0.4, 0.5) is 0 Å². The van der Waals surface area contributed by atoms with Crippen molar-refractivity contribution in [2.45, 2.75) is 53.2 Å². The molecule has 27 heavy (non-hydrogen) atoms. The summed E-state index contributed by atoms with van der Waals surface area (Å²) in [5, 5.41) is 4.74. The van der Waals surface area contributed by atoms with Gasteiger partial charge in [-0.05, 0) is 46.2 Å². The van der Waals surface area contributed by atoms with Gasteiger partial charge in [0.15, 0.2) is 5.65 Å². The van der Waals surface area contributed by atoms with Crippen LogP contribution in [0.3, 0.4) is 0 Å². The monoisotopic (exact) mass is 367 g/mol. The van der Waals surface area contributed by atoms with Crippen molar-refractivity contribution in [3.63, 3.8) is 0 Å². The van der Waals surface area contributed by atoms with E-state index in [9.17, 15) is 9.59 Å². The molecule has 0 aliphatic rings. The van der Waals surface area contributed by atoms with Crippen molar-refractivity contribution in [2.24, 2.45) is 0 Å². The van der Waals surface area contributed by atoms with Gasteiger partial charge in [-0.1, -0.05) is 18.2 Å². The standard InChI is InChI=1S/C20H25N5O2/c1-13(2)24(14(3)4)18(26)11-23-12-21-19-16(20(23)27)10-22-25(19)17-9-7-6-8-15(17)5/h6-10,12-14H,11H2,1-5H3. The molecule has 0 bridgehead atoms. The number of carbonyl (C=O) groups is 1. The fraction of sp³-hybridized carbons (Fsp3) is 0.400. The van der Waals surface area contributed by atoms with E-state index in [-0.39, 0.29) is 30.1 Å². The molecule has 0 unspecified atom stereocenters. The Bertz CT molecular complexity index is 1020. The molecule has 3 rings (SSSR count). The lowest BCUT2D eigenvalue weighted by atomic mass is 10.2. The summed E-state index contributed by atoms with van der Waals surface area (Å²) in [5.74, 6) is -0.102. The second-order valence-electron chi connectivity index (χ2n) is 7.25. The van der Waals surface area contributed by atoms with Crippen LogP contribution in [0, 0.1) is 6.92 Å². The number of benzene rings is 1. The van der Waals surface area contributed by atoms with Gasteiger partial charge in [-0.25, -0.2) is 9.67 Å². The number of hydrogen-bond acceptors (Lipinski definition) is 4. The molecule has 0 radical (unpaired) electrons. The van der Waals surface area contributed by atoms with Crippen LogP contribution in [0.25, 0.3) is 16.7 Å². The zero-order valence-electron chi connectivity index (χ0n) is 16.4. The fourth-order valence-corrected chi connectivity index (χ4v) is 3.44. The minimum Gasteiger partial charge on any atom is -0.336 e. The summed E-state index contributed by atoms with van der Waals surface area (Å²) in [6, 6.07) is 7.91. The highest BCUT2D eigenvalue weighted by Gasteiger charge is 2.21. The summed E-state index contributed by atoms with van der Waals surface area (Å²) in [7, 11) is 0. The molecule has 142 valence electrons. The molecule has 0 spiro atoms. The number of aromatic nitrogens is 4. The van der Waals surface area contributed by atoms with E-state index in [0.717, 1.165) is 11.3 Å². The van der Waals surface area contributed by atoms with E-state index in [1.54, 1.807) is 9.58 Å². The average molecular weight is 367 g/mol. The van der Waals surface area contributed by atoms with E-state index in [0.29, 0.717) is 11.0 Å². The summed E-state index contributed by atoms with van der Waals surface area (Å²) < 4.78 is 3.01. The summed E-state index contributed by atoms with van der Waals surface area (Å²) in [6.45, 7) is 9.81. The van der Waals surface area contributed by atoms with Crippen molar-refractivity contribution < 1.29 is 4.79 Å². The molecule has 1 aromatic carbocycles. The lowest BCUT2D eigenvalue weighted by molar-refractivity contribution is -0.135. The summed E-state index contributed by atoms with van der Waals surface area (Å²) in [6.07, 6.45) is 2.94. The largest absolute Gasteiger partial charge is 0.336 e. The predicted octanol–water partition coefficient (Wildman–Crippen LogP) is 2.54. The Morgan fingerprint density at radius 1 is 1.15 bits per heavy atom. The van der Waals surface area contributed by atoms with Crippen LogP contribution in [0.5, 0.6) is 0 Å². The van der Waals surface area contributed by atoms with Gasteiger partial charge in [0, 0.05) is 12.1 Å². The Balaban J connectivity index is 1.99. The third-order valence-corrected chi connectivity index (χ3v) is 4.60. The van der Waals surface area contributed by atoms with Gasteiger partial charge in [0.25, 0.3) is 5.56 Å². The van der Waals surface area contributed by atoms with E-state index in [2.05, 4.69) is 10.1 Å². The highest BCUT2D eigenvalue weighted by atomic mass is 16.2. The number of rotatable bonds is 5. The second-order valence-corrected chi connectivity index (χ2v) is 7.25. The summed E-state index contributed by atoms with van der Waals surface area (Å²) in [4.78, 5) is 31.7. The molecule has 3 aromatic rings. The van der Waals surface area contributed by atoms with Crippen LogP contribution in [-0.4, -0.2) is 42.2 Å². The summed E-state index contributed by atoms with van der Waals surface area (Å²) >= 11 is 0. The van der Waals surface area contributed by atoms with Crippen LogP contribution < -0.4 is 5.56 Å². The molecule has 0 atom stereocenters. The van der Waals surface area contributed by atoms with Crippen molar-refractivity contribution in [1.82, 2.24) is 24.2 Å². The van der Waals surface area contributed by atoms with Crippen molar-refractivity contribution in [3.8, 4) is 5.69 Å². The lowest BCUT2D eigenvalue weighted by Crippen LogP contribution is -2.44. The van der Waals surface area contributed by atoms with Crippen LogP contribution in [0.15, 0.2) is 41.6 Å². The smallest absolute Gasteiger partial charge is 0.264 e. The first-order chi connectivity index (χ1) is 12.8. The van der Waals surface area contributed by atoms with E-state index in [1.807, 2.05) is 58.9 Å². The van der Waals surface area contributed by atoms with Crippen LogP contribution in [-0.2, 0) is 11.3 Å². The maximum absolute atomic E-state index is 12.9. The van der Waals surface area contributed by atoms with Crippen molar-refractivity contribution in [1.29, 1.82) is 0 Å². The normalized spacial score (nSPS) is 11.5. The first-order valence-corrected chi connectivity index (χ1v) is 9.11. The Morgan fingerprint density at radius 2 is 1.81 bits per heavy atom. The molecule has 0 aliphatic carbocycles. The second kappa shape index (κ2) is 7.34. The minimum atomic E-state index is -0.263. The SMILES string of the molecule is Cc1ccccc1-n1ncc2c(=O)n(CC(=O)N(C(C)C)C(C)C)cnc21. The molecule has 0 saturated carbocycles. The van der Waals surface area contributed by atoms with Crippen LogP contribution >= 0.6 is 0 Å². The average Bonchev–Trinajstić information content (AvgIpc) is 3.01. The molecule has 0 saturated heterocycles. The van der Waals surface area contributed by atoms with Crippen molar-refractivity contribution >= 4 is 16.9 Å². The van der Waals surface area contributed by atoms with E-state index in [4.69, 9.17) is 0 Å². The van der Waals surface area contributed by atoms with Crippen molar-refractivity contribution in [2.75, 3.05) is 0 Å². The number of fused-ring (bicyclic) bond motifs is 1. The molecule has 2 aromatic heterocycles. The number of nitrogens with zero attached hydrogens (tertiary/aromatic N) is 5. The number of hydrogen-bond donors (Lipinski definition) is 0. The Labute approximate surface area is 158 Å². The number of carbonyl (C=O) groups excluding carboxylic acids is 1. The number of amides is 1. The molecule has 2 heterocycles. The minimum absolute atomic E-state index is 0.0340. The first-order valence-electron chi connectivity index (χ1n) is 9.11. The quantitative estimate of drug-likeness (QED) is 0.695. The van der Waals surface area contributed by atoms with Gasteiger partial charge in [0.05, 0.1) is 11.9 Å². The molecule has 7 nitrogen and oxygen atoms in total. The molecule has 7 heteroatoms. The molecule has 1 amide bonds. The maximum atomic E-state index is 12.9. The summed E-state index contributed by atoms with van der Waals surface area (Å²) in [5.41, 5.74) is 2.13. The van der Waals surface area contributed by atoms with E-state index >= 15 is 0 Å². The van der Waals surface area contributed by atoms with Gasteiger partial charge in [-0.15, -0.1) is 0 Å². The van der Waals surface area contributed by atoms with Gasteiger partial charge in [-0.2, -0.15) is 5.10 Å². The first kappa shape index (κ1) is 18.8. The molecule has 0 aliphatic heterocycles. The topological polar surface area (TPSA) is 73.0 Å². The zero-order chi connectivity index (χ0) is 19.7. The van der Waals surface area contributed by atoms with E-state index < -0.39 is 0 Å². The van der Waals surface area contributed by atoms with Gasteiger partial charge in [-0.3, -0.25) is 14.2 Å². The number of para-hydroxylation sites is 1. The van der Waals surface area contributed by atoms with Gasteiger partial charge in [0.2, 0.25) is 5.91 Å². The van der Waals surface area contributed by atoms with E-state index in [1.165, 1.54) is 17.1 Å². The van der Waals surface area contributed by atoms with Crippen LogP contribution in [0.2, 0.25) is 0 Å². The highest BCUT2D eigenvalue weighted by Crippen LogP contribution is 2.17. The lowest BCUT2D eigenvalue weighted by Gasteiger charge is -2.30. The fourth-order valence-electron chi connectivity index (χ4n) is 3.44. The van der Waals surface area contributed by atoms with Gasteiger partial charge < -0.3 is 4.90 Å². The molecular formula is C20H25N5O2. The highest BCUT2D eigenvalue weighted by molar-refractivity contribution is 5.78. The Morgan fingerprint density at radius 3 is 2.44 bits per heavy atom. The predicted molar refractivity (Wildman–Crippen MR) is 105 cm³/mol. The van der Waals surface area contributed by atoms with Crippen molar-refractivity contribution in [3.05, 3.63) is 52.7 Å². The van der Waals surface area contributed by atoms with Crippen LogP contribution in [0.1, 0.15) is 33.3 Å². The zero-order valence-corrected chi connectivity index (χ0v) is 16.4.